The average Bonchev–Trinajstić information content (AvgIpc) is 3.23. The minimum Gasteiger partial charge on any atom is -0.775 e. The Kier molecular flexibility index (Phi) is 27.2. The Morgan fingerprint density at radius 1 is 0.452 bits per heavy atom. The molecule has 0 fully saturated rings. The van der Waals surface area contributed by atoms with Crippen LogP contribution in [0.2, 0.25) is 0 Å². The topological polar surface area (TPSA) is 173 Å². The van der Waals surface area contributed by atoms with Crippen molar-refractivity contribution >= 4 is 25.8 Å². The third-order valence-corrected chi connectivity index (χ3v) is 12.4. The molecule has 0 aliphatic rings. The molecule has 62 heavy (non-hydrogen) atoms. The van der Waals surface area contributed by atoms with E-state index in [1.54, 1.807) is 53.6 Å². The number of benzene rings is 4. The molecule has 0 saturated carbocycles. The summed E-state index contributed by atoms with van der Waals surface area (Å²) in [6.45, 7) is 6.04. The maximum atomic E-state index is 13.5. The van der Waals surface area contributed by atoms with Crippen LogP contribution in [0.5, 0.6) is 23.0 Å². The molecule has 0 aliphatic carbocycles. The molecule has 0 amide bonds. The van der Waals surface area contributed by atoms with E-state index >= 15 is 0 Å². The van der Waals surface area contributed by atoms with Gasteiger partial charge >= 0.3 is 103 Å². The van der Waals surface area contributed by atoms with Gasteiger partial charge in [-0.3, -0.25) is 0 Å². The van der Waals surface area contributed by atoms with Crippen LogP contribution in [0, 0.1) is 6.92 Å². The van der Waals surface area contributed by atoms with E-state index in [0.29, 0.717) is 82.6 Å². The van der Waals surface area contributed by atoms with E-state index in [4.69, 9.17) is 46.9 Å². The monoisotopic (exact) mass is 950 g/mol. The molecule has 0 N–H and O–H groups in total. The van der Waals surface area contributed by atoms with Gasteiger partial charge in [-0.25, -0.2) is 0 Å². The van der Waals surface area contributed by atoms with Crippen molar-refractivity contribution in [2.75, 3.05) is 95.5 Å². The van der Waals surface area contributed by atoms with Crippen LogP contribution in [0.4, 0.5) is 0 Å². The second kappa shape index (κ2) is 29.3. The number of hydrogen-bond acceptors (Lipinski definition) is 14. The molecular weight excluding hydrogens is 893 g/mol. The normalized spacial score (nSPS) is 13.0. The van der Waals surface area contributed by atoms with Gasteiger partial charge < -0.3 is 65.9 Å². The first-order chi connectivity index (χ1) is 28.9. The number of para-hydroxylation sites is 2. The van der Waals surface area contributed by atoms with Crippen molar-refractivity contribution in [1.29, 1.82) is 0 Å². The summed E-state index contributed by atoms with van der Waals surface area (Å²) in [6, 6.07) is 17.8. The van der Waals surface area contributed by atoms with Gasteiger partial charge in [-0.2, -0.15) is 0 Å². The summed E-state index contributed by atoms with van der Waals surface area (Å²) in [6.07, 6.45) is 1.36. The minimum atomic E-state index is -4.53. The first-order valence-electron chi connectivity index (χ1n) is 19.6. The molecule has 0 radical (unpaired) electrons. The first-order valence-corrected chi connectivity index (χ1v) is 22.7. The molecule has 18 heteroatoms. The molecule has 330 valence electrons. The fourth-order valence-corrected chi connectivity index (χ4v) is 8.46. The van der Waals surface area contributed by atoms with E-state index in [9.17, 15) is 18.9 Å². The number of hydrogen-bond donors (Lipinski definition) is 0. The maximum Gasteiger partial charge on any atom is 1.00 e. The van der Waals surface area contributed by atoms with Crippen LogP contribution in [-0.4, -0.2) is 95.5 Å². The van der Waals surface area contributed by atoms with E-state index in [1.165, 1.54) is 6.07 Å². The number of rotatable bonds is 27. The predicted octanol–water partition coefficient (Wildman–Crippen LogP) is -0.911. The zero-order valence-corrected chi connectivity index (χ0v) is 45.9. The van der Waals surface area contributed by atoms with Gasteiger partial charge in [0.1, 0.15) is 49.4 Å². The third-order valence-electron chi connectivity index (χ3n) is 9.69. The summed E-state index contributed by atoms with van der Waals surface area (Å²) < 4.78 is 82.9. The van der Waals surface area contributed by atoms with Crippen molar-refractivity contribution in [3.05, 3.63) is 105 Å². The largest absolute Gasteiger partial charge is 1.00 e. The van der Waals surface area contributed by atoms with Crippen molar-refractivity contribution in [2.24, 2.45) is 0 Å². The van der Waals surface area contributed by atoms with Crippen LogP contribution in [0.25, 0.3) is 0 Å². The van der Waals surface area contributed by atoms with E-state index in [2.05, 4.69) is 0 Å². The molecule has 0 aliphatic heterocycles. The van der Waals surface area contributed by atoms with E-state index in [-0.39, 0.29) is 166 Å². The van der Waals surface area contributed by atoms with Crippen LogP contribution in [0.15, 0.2) is 60.7 Å². The fraction of sp³-hybridized carbons (Fsp3) is 0.455. The van der Waals surface area contributed by atoms with Crippen molar-refractivity contribution < 1.29 is 169 Å². The Hall–Kier alpha value is -0.507. The molecular formula is C44H58K2O14P2. The molecule has 2 atom stereocenters. The number of ether oxygens (including phenoxy) is 8. The van der Waals surface area contributed by atoms with E-state index in [1.807, 2.05) is 43.3 Å². The summed E-state index contributed by atoms with van der Waals surface area (Å²) >= 11 is 0. The standard InChI is InChI=1S/C44H60O14P2.2K/c1-9-32-12-10-13-33(42(32)56-21-17-50-4)26-37-29-40(60(47,48)54-8)30-38(44(37)58-23-19-52-6)27-35-15-11-14-34(43(35)57-22-18-51-5)25-36-28-39(59(45,46)53-7)24-31(2)41(36)55-20-16-49-3;;/h10-15,24,28-30H,9,16-23,25-27H2,1-8H3,(H,45,46)(H,47,48);;/q;2*+1/p-2. The summed E-state index contributed by atoms with van der Waals surface area (Å²) in [7, 11) is -0.325. The Bertz CT molecular complexity index is 2100. The zero-order chi connectivity index (χ0) is 43.7. The molecule has 0 saturated heterocycles. The van der Waals surface area contributed by atoms with Gasteiger partial charge in [-0.15, -0.1) is 0 Å². The molecule has 4 aromatic carbocycles. The first kappa shape index (κ1) is 57.6. The maximum absolute atomic E-state index is 13.5. The van der Waals surface area contributed by atoms with Crippen LogP contribution in [0.3, 0.4) is 0 Å². The van der Waals surface area contributed by atoms with Crippen LogP contribution >= 0.6 is 15.2 Å². The third kappa shape index (κ3) is 16.4. The van der Waals surface area contributed by atoms with Crippen molar-refractivity contribution in [1.82, 2.24) is 0 Å². The van der Waals surface area contributed by atoms with Gasteiger partial charge in [-0.1, -0.05) is 43.3 Å². The zero-order valence-electron chi connectivity index (χ0n) is 37.9. The van der Waals surface area contributed by atoms with Gasteiger partial charge in [0.25, 0.3) is 0 Å². The van der Waals surface area contributed by atoms with Gasteiger partial charge in [0.15, 0.2) is 15.2 Å². The molecule has 14 nitrogen and oxygen atoms in total. The predicted molar refractivity (Wildman–Crippen MR) is 226 cm³/mol. The summed E-state index contributed by atoms with van der Waals surface area (Å²) in [5, 5.41) is -0.0142. The average molecular weight is 951 g/mol. The van der Waals surface area contributed by atoms with Gasteiger partial charge in [0.2, 0.25) is 0 Å². The number of methoxy groups -OCH3 is 4. The van der Waals surface area contributed by atoms with Crippen LogP contribution in [-0.2, 0) is 62.8 Å². The fourth-order valence-electron chi connectivity index (χ4n) is 6.74. The molecule has 0 heterocycles. The Morgan fingerprint density at radius 2 is 0.758 bits per heavy atom. The van der Waals surface area contributed by atoms with E-state index in [0.717, 1.165) is 25.3 Å². The summed E-state index contributed by atoms with van der Waals surface area (Å²) in [5.41, 5.74) is 5.60. The Balaban J connectivity index is 0.00000661. The van der Waals surface area contributed by atoms with Gasteiger partial charge in [0.05, 0.1) is 26.4 Å². The molecule has 2 unspecified atom stereocenters. The summed E-state index contributed by atoms with van der Waals surface area (Å²) in [4.78, 5) is 26.4. The van der Waals surface area contributed by atoms with Crippen molar-refractivity contribution in [2.45, 2.75) is 39.5 Å². The second-order valence-corrected chi connectivity index (χ2v) is 17.5. The second-order valence-electron chi connectivity index (χ2n) is 13.8. The molecule has 4 aromatic rings. The van der Waals surface area contributed by atoms with Gasteiger partial charge in [-0.05, 0) is 82.1 Å². The SMILES string of the molecule is CCc1cccc(Cc2cc(P(=O)([O-])OC)cc(Cc3cccc(Cc4cc(P(=O)([O-])OC)cc(C)c4OCCOC)c3OCCOC)c2OCCOC)c1OCCOC.[K+].[K+]. The smallest absolute Gasteiger partial charge is 0.775 e. The van der Waals surface area contributed by atoms with Crippen LogP contribution in [0.1, 0.15) is 51.4 Å². The van der Waals surface area contributed by atoms with Gasteiger partial charge in [0, 0.05) is 72.5 Å². The molecule has 0 aromatic heterocycles. The van der Waals surface area contributed by atoms with E-state index < -0.39 is 15.2 Å². The minimum absolute atomic E-state index is 0. The molecule has 0 spiro atoms. The van der Waals surface area contributed by atoms with Crippen molar-refractivity contribution in [3.8, 4) is 23.0 Å². The molecule has 4 rings (SSSR count). The number of aryl methyl sites for hydroxylation is 2. The molecule has 0 bridgehead atoms. The Morgan fingerprint density at radius 3 is 1.11 bits per heavy atom. The Labute approximate surface area is 451 Å². The van der Waals surface area contributed by atoms with Crippen molar-refractivity contribution in [3.63, 3.8) is 0 Å². The quantitative estimate of drug-likeness (QED) is 0.0409. The van der Waals surface area contributed by atoms with Crippen LogP contribution < -0.4 is 142 Å². The summed E-state index contributed by atoms with van der Waals surface area (Å²) in [5.74, 6) is 2.20.